The molecule has 20 heavy (non-hydrogen) atoms. The molecule has 3 rings (SSSR count). The van der Waals surface area contributed by atoms with Gasteiger partial charge in [0.2, 0.25) is 0 Å². The van der Waals surface area contributed by atoms with E-state index in [-0.39, 0.29) is 5.78 Å². The lowest BCUT2D eigenvalue weighted by molar-refractivity contribution is 0.101. The fourth-order valence-electron chi connectivity index (χ4n) is 2.44. The minimum absolute atomic E-state index is 0.0937. The first-order valence-corrected chi connectivity index (χ1v) is 8.03. The summed E-state index contributed by atoms with van der Waals surface area (Å²) in [7, 11) is 0. The normalized spacial score (nSPS) is 10.9. The average Bonchev–Trinajstić information content (AvgIpc) is 3.08. The van der Waals surface area contributed by atoms with Crippen LogP contribution >= 0.6 is 22.7 Å². The number of rotatable bonds is 3. The average molecular weight is 302 g/mol. The molecule has 0 atom stereocenters. The molecule has 0 aliphatic rings. The number of aromatic amines is 1. The lowest BCUT2D eigenvalue weighted by atomic mass is 10.1. The zero-order valence-corrected chi connectivity index (χ0v) is 13.1. The molecule has 0 aromatic carbocycles. The lowest BCUT2D eigenvalue weighted by Crippen LogP contribution is -1.94. The van der Waals surface area contributed by atoms with Gasteiger partial charge in [-0.25, -0.2) is 4.98 Å². The SMILES string of the molecule is CC(=O)c1c(C)[nH]c(-c2csc(-c3cccs3)n2)c1C. The number of hydrogen-bond acceptors (Lipinski definition) is 4. The summed E-state index contributed by atoms with van der Waals surface area (Å²) in [5.41, 5.74) is 4.54. The van der Waals surface area contributed by atoms with Gasteiger partial charge in [-0.1, -0.05) is 6.07 Å². The Bertz CT molecular complexity index is 766. The predicted octanol–water partition coefficient (Wildman–Crippen LogP) is 4.69. The van der Waals surface area contributed by atoms with Gasteiger partial charge in [-0.2, -0.15) is 0 Å². The molecule has 1 N–H and O–H groups in total. The van der Waals surface area contributed by atoms with Crippen LogP contribution in [0.5, 0.6) is 0 Å². The molecule has 5 heteroatoms. The summed E-state index contributed by atoms with van der Waals surface area (Å²) in [6, 6.07) is 4.10. The monoisotopic (exact) mass is 302 g/mol. The number of H-pyrrole nitrogens is 1. The van der Waals surface area contributed by atoms with Gasteiger partial charge in [0.25, 0.3) is 0 Å². The van der Waals surface area contributed by atoms with E-state index in [0.29, 0.717) is 0 Å². The van der Waals surface area contributed by atoms with Crippen LogP contribution in [-0.4, -0.2) is 15.8 Å². The molecule has 3 nitrogen and oxygen atoms in total. The van der Waals surface area contributed by atoms with Gasteiger partial charge in [0.1, 0.15) is 5.01 Å². The van der Waals surface area contributed by atoms with Crippen LogP contribution in [-0.2, 0) is 0 Å². The minimum atomic E-state index is 0.0937. The van der Waals surface area contributed by atoms with Crippen LogP contribution in [0.15, 0.2) is 22.9 Å². The zero-order chi connectivity index (χ0) is 14.3. The summed E-state index contributed by atoms with van der Waals surface area (Å²) >= 11 is 3.31. The summed E-state index contributed by atoms with van der Waals surface area (Å²) in [6.45, 7) is 5.50. The van der Waals surface area contributed by atoms with E-state index >= 15 is 0 Å². The molecule has 0 saturated carbocycles. The topological polar surface area (TPSA) is 45.8 Å². The molecule has 3 aromatic rings. The van der Waals surface area contributed by atoms with Crippen molar-refractivity contribution < 1.29 is 4.79 Å². The van der Waals surface area contributed by atoms with Crippen LogP contribution in [0.4, 0.5) is 0 Å². The lowest BCUT2D eigenvalue weighted by Gasteiger charge is -1.96. The molecule has 102 valence electrons. The van der Waals surface area contributed by atoms with E-state index in [9.17, 15) is 4.79 Å². The molecule has 0 amide bonds. The quantitative estimate of drug-likeness (QED) is 0.714. The van der Waals surface area contributed by atoms with E-state index in [0.717, 1.165) is 33.2 Å². The highest BCUT2D eigenvalue weighted by Gasteiger charge is 2.18. The van der Waals surface area contributed by atoms with E-state index < -0.39 is 0 Å². The second kappa shape index (κ2) is 5.00. The number of aromatic nitrogens is 2. The third-order valence-electron chi connectivity index (χ3n) is 3.28. The van der Waals surface area contributed by atoms with Gasteiger partial charge in [0.05, 0.1) is 16.3 Å². The number of carbonyl (C=O) groups excluding carboxylic acids is 1. The number of ketones is 1. The molecule has 0 spiro atoms. The van der Waals surface area contributed by atoms with Gasteiger partial charge in [-0.05, 0) is 37.8 Å². The number of thiazole rings is 1. The Morgan fingerprint density at radius 2 is 2.10 bits per heavy atom. The van der Waals surface area contributed by atoms with Crippen molar-refractivity contribution in [2.75, 3.05) is 0 Å². The van der Waals surface area contributed by atoms with Gasteiger partial charge in [0.15, 0.2) is 5.78 Å². The molecule has 3 aromatic heterocycles. The third-order valence-corrected chi connectivity index (χ3v) is 5.16. The Morgan fingerprint density at radius 1 is 1.30 bits per heavy atom. The fourth-order valence-corrected chi connectivity index (χ4v) is 4.06. The Kier molecular flexibility index (Phi) is 3.31. The summed E-state index contributed by atoms with van der Waals surface area (Å²) in [5, 5.41) is 5.11. The van der Waals surface area contributed by atoms with Crippen molar-refractivity contribution in [3.8, 4) is 21.3 Å². The molecular weight excluding hydrogens is 288 g/mol. The third kappa shape index (κ3) is 2.13. The number of aryl methyl sites for hydroxylation is 1. The zero-order valence-electron chi connectivity index (χ0n) is 11.5. The fraction of sp³-hybridized carbons (Fsp3) is 0.200. The van der Waals surface area contributed by atoms with Gasteiger partial charge >= 0.3 is 0 Å². The number of carbonyl (C=O) groups is 1. The number of thiophene rings is 1. The maximum Gasteiger partial charge on any atom is 0.161 e. The van der Waals surface area contributed by atoms with Crippen LogP contribution in [0.25, 0.3) is 21.3 Å². The summed E-state index contributed by atoms with van der Waals surface area (Å²) in [5.74, 6) is 0.0937. The Balaban J connectivity index is 2.06. The minimum Gasteiger partial charge on any atom is -0.356 e. The van der Waals surface area contributed by atoms with Gasteiger partial charge < -0.3 is 4.98 Å². The van der Waals surface area contributed by atoms with Gasteiger partial charge in [0, 0.05) is 16.6 Å². The molecule has 0 unspecified atom stereocenters. The second-order valence-corrected chi connectivity index (χ2v) is 6.50. The Hall–Kier alpha value is -1.72. The Labute approximate surface area is 125 Å². The predicted molar refractivity (Wildman–Crippen MR) is 84.7 cm³/mol. The van der Waals surface area contributed by atoms with Crippen LogP contribution in [0.3, 0.4) is 0 Å². The van der Waals surface area contributed by atoms with Gasteiger partial charge in [-0.15, -0.1) is 22.7 Å². The van der Waals surface area contributed by atoms with E-state index in [2.05, 4.69) is 16.0 Å². The smallest absolute Gasteiger partial charge is 0.161 e. The summed E-state index contributed by atoms with van der Waals surface area (Å²) in [6.07, 6.45) is 0. The largest absolute Gasteiger partial charge is 0.356 e. The number of Topliss-reactive ketones (excluding diaryl/α,β-unsaturated/α-hetero) is 1. The highest BCUT2D eigenvalue weighted by atomic mass is 32.1. The van der Waals surface area contributed by atoms with E-state index in [1.807, 2.05) is 30.7 Å². The molecular formula is C15H14N2OS2. The first-order chi connectivity index (χ1) is 9.58. The van der Waals surface area contributed by atoms with Crippen molar-refractivity contribution in [2.45, 2.75) is 20.8 Å². The van der Waals surface area contributed by atoms with Crippen molar-refractivity contribution >= 4 is 28.5 Å². The van der Waals surface area contributed by atoms with Crippen LogP contribution in [0.1, 0.15) is 28.5 Å². The number of nitrogens with one attached hydrogen (secondary N) is 1. The van der Waals surface area contributed by atoms with Crippen LogP contribution in [0, 0.1) is 13.8 Å². The molecule has 0 fully saturated rings. The first kappa shape index (κ1) is 13.3. The van der Waals surface area contributed by atoms with Crippen LogP contribution in [0.2, 0.25) is 0 Å². The van der Waals surface area contributed by atoms with Crippen molar-refractivity contribution in [1.29, 1.82) is 0 Å². The van der Waals surface area contributed by atoms with E-state index in [4.69, 9.17) is 0 Å². The van der Waals surface area contributed by atoms with Crippen molar-refractivity contribution in [3.05, 3.63) is 39.7 Å². The van der Waals surface area contributed by atoms with Crippen molar-refractivity contribution in [3.63, 3.8) is 0 Å². The highest BCUT2D eigenvalue weighted by Crippen LogP contribution is 2.33. The number of hydrogen-bond donors (Lipinski definition) is 1. The summed E-state index contributed by atoms with van der Waals surface area (Å²) in [4.78, 5) is 20.8. The van der Waals surface area contributed by atoms with E-state index in [1.54, 1.807) is 29.6 Å². The Morgan fingerprint density at radius 3 is 2.70 bits per heavy atom. The second-order valence-electron chi connectivity index (χ2n) is 4.70. The number of nitrogens with zero attached hydrogens (tertiary/aromatic N) is 1. The standard InChI is InChI=1S/C15H14N2OS2/c1-8-13(10(3)18)9(2)16-14(8)11-7-20-15(17-11)12-5-4-6-19-12/h4-7,16H,1-3H3. The van der Waals surface area contributed by atoms with Crippen molar-refractivity contribution in [1.82, 2.24) is 9.97 Å². The van der Waals surface area contributed by atoms with Gasteiger partial charge in [-0.3, -0.25) is 4.79 Å². The highest BCUT2D eigenvalue weighted by molar-refractivity contribution is 7.20. The molecule has 0 aliphatic carbocycles. The molecule has 0 aliphatic heterocycles. The molecule has 0 bridgehead atoms. The molecule has 3 heterocycles. The van der Waals surface area contributed by atoms with E-state index in [1.165, 1.54) is 4.88 Å². The summed E-state index contributed by atoms with van der Waals surface area (Å²) < 4.78 is 0. The maximum atomic E-state index is 11.7. The first-order valence-electron chi connectivity index (χ1n) is 6.28. The molecule has 0 radical (unpaired) electrons. The van der Waals surface area contributed by atoms with Crippen molar-refractivity contribution in [2.24, 2.45) is 0 Å². The maximum absolute atomic E-state index is 11.7. The molecule has 0 saturated heterocycles. The van der Waals surface area contributed by atoms with Crippen LogP contribution < -0.4 is 0 Å².